The third-order valence-corrected chi connectivity index (χ3v) is 6.44. The van der Waals surface area contributed by atoms with Crippen molar-refractivity contribution in [1.29, 1.82) is 0 Å². The van der Waals surface area contributed by atoms with Crippen LogP contribution in [-0.2, 0) is 6.42 Å². The Morgan fingerprint density at radius 2 is 2.10 bits per heavy atom. The number of amides is 1. The lowest BCUT2D eigenvalue weighted by Crippen LogP contribution is -2.36. The third kappa shape index (κ3) is 4.02. The molecule has 4 atom stereocenters. The number of aromatic nitrogens is 2. The van der Waals surface area contributed by atoms with E-state index in [1.54, 1.807) is 13.3 Å². The van der Waals surface area contributed by atoms with E-state index < -0.39 is 6.10 Å². The first-order valence-corrected chi connectivity index (χ1v) is 10.4. The number of ether oxygens (including phenoxy) is 1. The van der Waals surface area contributed by atoms with E-state index in [0.29, 0.717) is 36.9 Å². The summed E-state index contributed by atoms with van der Waals surface area (Å²) >= 11 is 0. The summed E-state index contributed by atoms with van der Waals surface area (Å²) in [5.74, 6) is 1.60. The van der Waals surface area contributed by atoms with Crippen molar-refractivity contribution in [3.8, 4) is 5.75 Å². The normalized spacial score (nSPS) is 26.4. The average molecular weight is 399 g/mol. The van der Waals surface area contributed by atoms with E-state index >= 15 is 0 Å². The van der Waals surface area contributed by atoms with E-state index in [0.717, 1.165) is 37.1 Å². The largest absolute Gasteiger partial charge is 0.496 e. The monoisotopic (exact) mass is 398 g/mol. The predicted octanol–water partition coefficient (Wildman–Crippen LogP) is 1.87. The Labute approximate surface area is 171 Å². The number of benzene rings is 1. The second-order valence-electron chi connectivity index (χ2n) is 8.24. The van der Waals surface area contributed by atoms with Crippen LogP contribution < -0.4 is 10.5 Å². The number of likely N-dealkylation sites (tertiary alicyclic amines) is 1. The Bertz CT molecular complexity index is 839. The zero-order valence-electron chi connectivity index (χ0n) is 16.9. The van der Waals surface area contributed by atoms with E-state index in [9.17, 15) is 9.90 Å². The Hall–Kier alpha value is -2.38. The second kappa shape index (κ2) is 8.55. The van der Waals surface area contributed by atoms with Crippen LogP contribution in [0.2, 0.25) is 0 Å². The molecule has 2 aliphatic rings. The molecule has 3 N–H and O–H groups in total. The van der Waals surface area contributed by atoms with E-state index in [1.165, 1.54) is 0 Å². The van der Waals surface area contributed by atoms with Crippen LogP contribution in [0.15, 0.2) is 36.7 Å². The Balaban J connectivity index is 1.47. The Kier molecular flexibility index (Phi) is 5.87. The van der Waals surface area contributed by atoms with Gasteiger partial charge >= 0.3 is 0 Å². The maximum Gasteiger partial charge on any atom is 0.253 e. The van der Waals surface area contributed by atoms with Crippen LogP contribution in [0.3, 0.4) is 0 Å². The van der Waals surface area contributed by atoms with Gasteiger partial charge in [0.1, 0.15) is 5.75 Å². The van der Waals surface area contributed by atoms with Crippen molar-refractivity contribution in [2.75, 3.05) is 26.7 Å². The van der Waals surface area contributed by atoms with Crippen molar-refractivity contribution in [3.05, 3.63) is 47.8 Å². The average Bonchev–Trinajstić information content (AvgIpc) is 3.40. The molecule has 0 bridgehead atoms. The molecule has 7 nitrogen and oxygen atoms in total. The second-order valence-corrected chi connectivity index (χ2v) is 8.24. The molecule has 0 unspecified atom stereocenters. The molecule has 2 aromatic rings. The fourth-order valence-corrected chi connectivity index (χ4v) is 4.92. The van der Waals surface area contributed by atoms with Crippen molar-refractivity contribution >= 4 is 5.91 Å². The summed E-state index contributed by atoms with van der Waals surface area (Å²) in [4.78, 5) is 15.1. The number of rotatable bonds is 6. The number of nitrogens with two attached hydrogens (primary N) is 1. The number of fused-ring (bicyclic) bond motifs is 1. The van der Waals surface area contributed by atoms with Crippen molar-refractivity contribution < 1.29 is 14.6 Å². The van der Waals surface area contributed by atoms with E-state index in [1.807, 2.05) is 40.0 Å². The molecule has 2 heterocycles. The van der Waals surface area contributed by atoms with Crippen molar-refractivity contribution in [3.63, 3.8) is 0 Å². The minimum atomic E-state index is -0.421. The molecule has 0 radical (unpaired) electrons. The first-order chi connectivity index (χ1) is 14.1. The van der Waals surface area contributed by atoms with Gasteiger partial charge in [0, 0.05) is 31.0 Å². The predicted molar refractivity (Wildman–Crippen MR) is 110 cm³/mol. The lowest BCUT2D eigenvalue weighted by Gasteiger charge is -2.35. The van der Waals surface area contributed by atoms with Gasteiger partial charge in [0.25, 0.3) is 5.91 Å². The van der Waals surface area contributed by atoms with Crippen LogP contribution in [0.1, 0.15) is 41.2 Å². The van der Waals surface area contributed by atoms with E-state index in [-0.39, 0.29) is 11.9 Å². The van der Waals surface area contributed by atoms with Crippen molar-refractivity contribution in [1.82, 2.24) is 14.7 Å². The highest BCUT2D eigenvalue weighted by Gasteiger charge is 2.43. The standard InChI is InChI=1S/C22H30N4O3/c1-29-21-6-5-16(10-15(21)4-2-7-23)22(28)25-13-17-11-19(26-9-3-8-24-26)20(27)12-18(17)14-25/h3,5-6,8-10,17-20,27H,2,4,7,11-14,23H2,1H3/t17-,18+,19-,20-/m1/s1. The molecule has 1 amide bonds. The van der Waals surface area contributed by atoms with Gasteiger partial charge < -0.3 is 20.5 Å². The van der Waals surface area contributed by atoms with Gasteiger partial charge in [-0.05, 0) is 73.9 Å². The number of carbonyl (C=O) groups excluding carboxylic acids is 1. The molecule has 1 aromatic heterocycles. The van der Waals surface area contributed by atoms with Gasteiger partial charge in [0.2, 0.25) is 0 Å². The van der Waals surface area contributed by atoms with Gasteiger partial charge in [0.15, 0.2) is 0 Å². The number of hydrogen-bond acceptors (Lipinski definition) is 5. The SMILES string of the molecule is COc1ccc(C(=O)N2C[C@H]3C[C@@H](n4cccn4)[C@H](O)C[C@H]3C2)cc1CCCN. The topological polar surface area (TPSA) is 93.6 Å². The minimum absolute atomic E-state index is 0.00912. The summed E-state index contributed by atoms with van der Waals surface area (Å²) < 4.78 is 7.30. The van der Waals surface area contributed by atoms with Crippen LogP contribution >= 0.6 is 0 Å². The first-order valence-electron chi connectivity index (χ1n) is 10.4. The highest BCUT2D eigenvalue weighted by molar-refractivity contribution is 5.94. The molecule has 7 heteroatoms. The summed E-state index contributed by atoms with van der Waals surface area (Å²) in [6.07, 6.45) is 6.44. The van der Waals surface area contributed by atoms with Gasteiger partial charge in [0.05, 0.1) is 19.3 Å². The molecule has 1 aliphatic heterocycles. The zero-order chi connectivity index (χ0) is 20.4. The zero-order valence-corrected chi connectivity index (χ0v) is 16.9. The number of nitrogens with zero attached hydrogens (tertiary/aromatic N) is 3. The lowest BCUT2D eigenvalue weighted by molar-refractivity contribution is 0.0306. The number of hydrogen-bond donors (Lipinski definition) is 2. The summed E-state index contributed by atoms with van der Waals surface area (Å²) in [7, 11) is 1.65. The molecule has 4 rings (SSSR count). The van der Waals surface area contributed by atoms with Crippen LogP contribution in [0.4, 0.5) is 0 Å². The van der Waals surface area contributed by atoms with Gasteiger partial charge in [-0.15, -0.1) is 0 Å². The van der Waals surface area contributed by atoms with Crippen LogP contribution in [-0.4, -0.2) is 58.5 Å². The van der Waals surface area contributed by atoms with Crippen LogP contribution in [0, 0.1) is 11.8 Å². The molecule has 1 saturated heterocycles. The lowest BCUT2D eigenvalue weighted by atomic mass is 9.77. The number of aliphatic hydroxyl groups excluding tert-OH is 1. The maximum absolute atomic E-state index is 13.2. The van der Waals surface area contributed by atoms with Crippen LogP contribution in [0.5, 0.6) is 5.75 Å². The third-order valence-electron chi connectivity index (χ3n) is 6.44. The highest BCUT2D eigenvalue weighted by Crippen LogP contribution is 2.41. The summed E-state index contributed by atoms with van der Waals surface area (Å²) in [5.41, 5.74) is 7.37. The smallest absolute Gasteiger partial charge is 0.253 e. The fraction of sp³-hybridized carbons (Fsp3) is 0.545. The molecule has 0 spiro atoms. The summed E-state index contributed by atoms with van der Waals surface area (Å²) in [6, 6.07) is 7.54. The summed E-state index contributed by atoms with van der Waals surface area (Å²) in [6.45, 7) is 2.05. The fourth-order valence-electron chi connectivity index (χ4n) is 4.92. The molecular formula is C22H30N4O3. The minimum Gasteiger partial charge on any atom is -0.496 e. The molecule has 2 fully saturated rings. The number of aryl methyl sites for hydroxylation is 1. The van der Waals surface area contributed by atoms with Crippen molar-refractivity contribution in [2.45, 2.75) is 37.8 Å². The van der Waals surface area contributed by atoms with Gasteiger partial charge in [-0.3, -0.25) is 9.48 Å². The molecule has 1 saturated carbocycles. The first kappa shape index (κ1) is 19.9. The summed E-state index contributed by atoms with van der Waals surface area (Å²) in [5, 5.41) is 14.9. The maximum atomic E-state index is 13.2. The molecule has 29 heavy (non-hydrogen) atoms. The molecule has 1 aromatic carbocycles. The van der Waals surface area contributed by atoms with Gasteiger partial charge in [-0.1, -0.05) is 0 Å². The van der Waals surface area contributed by atoms with Crippen LogP contribution in [0.25, 0.3) is 0 Å². The number of aliphatic hydroxyl groups is 1. The molecule has 1 aliphatic carbocycles. The van der Waals surface area contributed by atoms with E-state index in [4.69, 9.17) is 10.5 Å². The number of methoxy groups -OCH3 is 1. The number of carbonyl (C=O) groups is 1. The Morgan fingerprint density at radius 1 is 1.31 bits per heavy atom. The van der Waals surface area contributed by atoms with Crippen molar-refractivity contribution in [2.24, 2.45) is 17.6 Å². The molecule has 156 valence electrons. The van der Waals surface area contributed by atoms with Gasteiger partial charge in [-0.25, -0.2) is 0 Å². The Morgan fingerprint density at radius 3 is 2.79 bits per heavy atom. The van der Waals surface area contributed by atoms with E-state index in [2.05, 4.69) is 5.10 Å². The quantitative estimate of drug-likeness (QED) is 0.775. The van der Waals surface area contributed by atoms with Gasteiger partial charge in [-0.2, -0.15) is 5.10 Å². The molecular weight excluding hydrogens is 368 g/mol. The highest BCUT2D eigenvalue weighted by atomic mass is 16.5.